The van der Waals surface area contributed by atoms with Gasteiger partial charge in [-0.15, -0.1) is 0 Å². The number of halogens is 1. The molecule has 37 heavy (non-hydrogen) atoms. The van der Waals surface area contributed by atoms with Crippen molar-refractivity contribution in [2.45, 2.75) is 45.4 Å². The molecule has 1 aromatic heterocycles. The first-order valence-electron chi connectivity index (χ1n) is 12.4. The molecule has 2 aliphatic heterocycles. The molecule has 1 saturated heterocycles. The van der Waals surface area contributed by atoms with Gasteiger partial charge in [0.15, 0.2) is 0 Å². The number of anilines is 2. The van der Waals surface area contributed by atoms with Gasteiger partial charge < -0.3 is 25.4 Å². The Morgan fingerprint density at radius 2 is 2.00 bits per heavy atom. The zero-order valence-electron chi connectivity index (χ0n) is 22.2. The number of aromatic nitrogens is 1. The molecule has 2 aliphatic rings. The van der Waals surface area contributed by atoms with E-state index in [1.54, 1.807) is 12.4 Å². The molecule has 1 fully saturated rings. The number of nitrogens with one attached hydrogen (secondary N) is 1. The SMILES string of the molecule is C=CNC1=NC=C/C1=C(/C)N1CCC(N(C)c2ccc(N)cn2)C1.CCC.OSCc1ccc(Cl)cc1. The number of nitrogens with two attached hydrogens (primary N) is 1. The second kappa shape index (κ2) is 16.0. The lowest BCUT2D eigenvalue weighted by atomic mass is 10.2. The average molecular weight is 543 g/mol. The maximum atomic E-state index is 8.47. The first kappa shape index (κ1) is 30.3. The minimum atomic E-state index is 0.426. The third-order valence-corrected chi connectivity index (χ3v) is 6.50. The van der Waals surface area contributed by atoms with Crippen molar-refractivity contribution in [2.24, 2.45) is 4.99 Å². The maximum Gasteiger partial charge on any atom is 0.138 e. The Morgan fingerprint density at radius 1 is 1.30 bits per heavy atom. The van der Waals surface area contributed by atoms with Gasteiger partial charge in [0.2, 0.25) is 0 Å². The molecule has 0 saturated carbocycles. The van der Waals surface area contributed by atoms with Crippen LogP contribution in [0.3, 0.4) is 0 Å². The van der Waals surface area contributed by atoms with Crippen molar-refractivity contribution in [3.8, 4) is 0 Å². The molecule has 7 nitrogen and oxygen atoms in total. The summed E-state index contributed by atoms with van der Waals surface area (Å²) < 4.78 is 8.47. The number of aliphatic imine (C=N–C) groups is 1. The zero-order valence-corrected chi connectivity index (χ0v) is 23.8. The minimum Gasteiger partial charge on any atom is -0.397 e. The molecule has 2 aromatic rings. The molecule has 0 aliphatic carbocycles. The van der Waals surface area contributed by atoms with Crippen LogP contribution in [0.5, 0.6) is 0 Å². The highest BCUT2D eigenvalue weighted by molar-refractivity contribution is 7.92. The van der Waals surface area contributed by atoms with E-state index in [0.29, 0.717) is 17.5 Å². The fourth-order valence-electron chi connectivity index (χ4n) is 3.82. The summed E-state index contributed by atoms with van der Waals surface area (Å²) in [5, 5.41) is 3.83. The molecule has 0 bridgehead atoms. The van der Waals surface area contributed by atoms with Gasteiger partial charge in [0.1, 0.15) is 11.7 Å². The molecule has 0 radical (unpaired) electrons. The first-order chi connectivity index (χ1) is 17.8. The second-order valence-corrected chi connectivity index (χ2v) is 9.68. The van der Waals surface area contributed by atoms with Crippen LogP contribution < -0.4 is 16.0 Å². The van der Waals surface area contributed by atoms with Crippen LogP contribution in [0.1, 0.15) is 39.2 Å². The van der Waals surface area contributed by atoms with Crippen molar-refractivity contribution in [2.75, 3.05) is 30.8 Å². The van der Waals surface area contributed by atoms with Crippen molar-refractivity contribution in [3.05, 3.63) is 89.5 Å². The van der Waals surface area contributed by atoms with Crippen LogP contribution in [0.2, 0.25) is 5.02 Å². The Balaban J connectivity index is 0.000000308. The molecule has 1 aromatic carbocycles. The van der Waals surface area contributed by atoms with Gasteiger partial charge in [0.05, 0.1) is 11.9 Å². The molecule has 9 heteroatoms. The molecule has 1 unspecified atom stereocenters. The third kappa shape index (κ3) is 9.46. The average Bonchev–Trinajstić information content (AvgIpc) is 3.57. The number of likely N-dealkylation sites (N-methyl/N-ethyl adjacent to an activating group) is 1. The van der Waals surface area contributed by atoms with Gasteiger partial charge in [-0.05, 0) is 67.5 Å². The summed E-state index contributed by atoms with van der Waals surface area (Å²) >= 11 is 6.46. The van der Waals surface area contributed by atoms with Gasteiger partial charge in [-0.25, -0.2) is 9.98 Å². The summed E-state index contributed by atoms with van der Waals surface area (Å²) in [6.45, 7) is 12.1. The second-order valence-electron chi connectivity index (χ2n) is 8.70. The largest absolute Gasteiger partial charge is 0.397 e. The number of likely N-dealkylation sites (tertiary alicyclic amines) is 1. The monoisotopic (exact) mass is 542 g/mol. The summed E-state index contributed by atoms with van der Waals surface area (Å²) in [5.41, 5.74) is 9.86. The summed E-state index contributed by atoms with van der Waals surface area (Å²) in [4.78, 5) is 13.4. The van der Waals surface area contributed by atoms with Crippen LogP contribution in [-0.4, -0.2) is 46.5 Å². The maximum absolute atomic E-state index is 8.47. The topological polar surface area (TPSA) is 90.0 Å². The molecular weight excluding hydrogens is 504 g/mol. The molecule has 4 N–H and O–H groups in total. The first-order valence-corrected chi connectivity index (χ1v) is 13.7. The van der Waals surface area contributed by atoms with E-state index in [0.717, 1.165) is 59.4 Å². The highest BCUT2D eigenvalue weighted by atomic mass is 35.5. The molecule has 3 heterocycles. The van der Waals surface area contributed by atoms with Crippen LogP contribution >= 0.6 is 23.6 Å². The summed E-state index contributed by atoms with van der Waals surface area (Å²) in [7, 11) is 2.09. The quantitative estimate of drug-likeness (QED) is 0.356. The van der Waals surface area contributed by atoms with Crippen molar-refractivity contribution < 1.29 is 4.55 Å². The van der Waals surface area contributed by atoms with Crippen molar-refractivity contribution in [1.29, 1.82) is 0 Å². The van der Waals surface area contributed by atoms with Gasteiger partial charge in [-0.3, -0.25) is 0 Å². The number of hydrogen-bond donors (Lipinski definition) is 3. The third-order valence-electron chi connectivity index (χ3n) is 5.79. The Bertz CT molecular complexity index is 1070. The lowest BCUT2D eigenvalue weighted by molar-refractivity contribution is 0.417. The van der Waals surface area contributed by atoms with Crippen LogP contribution in [0.25, 0.3) is 0 Å². The van der Waals surface area contributed by atoms with E-state index in [1.165, 1.54) is 12.1 Å². The number of benzene rings is 1. The Morgan fingerprint density at radius 3 is 2.59 bits per heavy atom. The Hall–Kier alpha value is -2.94. The number of rotatable bonds is 6. The fourth-order valence-corrected chi connectivity index (χ4v) is 4.29. The van der Waals surface area contributed by atoms with E-state index < -0.39 is 0 Å². The van der Waals surface area contributed by atoms with E-state index in [1.807, 2.05) is 48.7 Å². The highest BCUT2D eigenvalue weighted by Crippen LogP contribution is 2.25. The molecule has 0 amide bonds. The lowest BCUT2D eigenvalue weighted by Crippen LogP contribution is -2.35. The number of pyridine rings is 1. The Labute approximate surface area is 231 Å². The van der Waals surface area contributed by atoms with Gasteiger partial charge >= 0.3 is 0 Å². The van der Waals surface area contributed by atoms with Crippen LogP contribution in [0, 0.1) is 0 Å². The molecule has 1 atom stereocenters. The van der Waals surface area contributed by atoms with Gasteiger partial charge in [0, 0.05) is 54.4 Å². The lowest BCUT2D eigenvalue weighted by Gasteiger charge is -2.27. The molecular formula is C28H39ClN6OS. The number of nitrogen functional groups attached to an aromatic ring is 1. The number of nitrogens with zero attached hydrogens (tertiary/aromatic N) is 4. The zero-order chi connectivity index (χ0) is 27.2. The standard InChI is InChI=1S/C18H24N6.C7H7ClOS.C3H8/c1-4-20-18-16(7-9-21-18)13(2)24-10-8-15(12-24)23(3)17-6-5-14(19)11-22-17;8-7-3-1-6(2-4-7)5-10-9;1-3-2/h4-7,9,11,15H,1,8,10,12,19H2,2-3H3,(H,20,21);1-4,9H,5H2;3H2,1-2H3/b16-13+;;. The van der Waals surface area contributed by atoms with E-state index in [9.17, 15) is 0 Å². The normalized spacial score (nSPS) is 17.2. The number of amidine groups is 1. The van der Waals surface area contributed by atoms with Crippen molar-refractivity contribution in [3.63, 3.8) is 0 Å². The van der Waals surface area contributed by atoms with Crippen molar-refractivity contribution in [1.82, 2.24) is 15.2 Å². The molecule has 4 rings (SSSR count). The van der Waals surface area contributed by atoms with E-state index >= 15 is 0 Å². The van der Waals surface area contributed by atoms with Crippen LogP contribution in [-0.2, 0) is 5.75 Å². The number of hydrogen-bond acceptors (Lipinski definition) is 8. The van der Waals surface area contributed by atoms with Crippen molar-refractivity contribution >= 4 is 41.0 Å². The van der Waals surface area contributed by atoms with Crippen LogP contribution in [0.4, 0.5) is 11.5 Å². The van der Waals surface area contributed by atoms with E-state index in [4.69, 9.17) is 21.9 Å². The number of allylic oxidation sites excluding steroid dienone is 1. The molecule has 200 valence electrons. The van der Waals surface area contributed by atoms with E-state index in [2.05, 4.69) is 59.5 Å². The van der Waals surface area contributed by atoms with Crippen LogP contribution in [0.15, 0.2) is 83.9 Å². The van der Waals surface area contributed by atoms with Gasteiger partial charge in [0.25, 0.3) is 0 Å². The van der Waals surface area contributed by atoms with Gasteiger partial charge in [-0.2, -0.15) is 0 Å². The summed E-state index contributed by atoms with van der Waals surface area (Å²) in [5.74, 6) is 2.44. The van der Waals surface area contributed by atoms with Gasteiger partial charge in [-0.1, -0.05) is 50.6 Å². The Kier molecular flexibility index (Phi) is 13.1. The minimum absolute atomic E-state index is 0.426. The smallest absolute Gasteiger partial charge is 0.138 e. The predicted octanol–water partition coefficient (Wildman–Crippen LogP) is 6.57. The predicted molar refractivity (Wildman–Crippen MR) is 161 cm³/mol. The highest BCUT2D eigenvalue weighted by Gasteiger charge is 2.28. The van der Waals surface area contributed by atoms with E-state index in [-0.39, 0.29) is 0 Å². The summed E-state index contributed by atoms with van der Waals surface area (Å²) in [6.07, 6.45) is 9.58. The fraction of sp³-hybridized carbons (Fsp3) is 0.357. The molecule has 0 spiro atoms. The summed E-state index contributed by atoms with van der Waals surface area (Å²) in [6, 6.07) is 11.7.